The first-order valence-corrected chi connectivity index (χ1v) is 7.74. The van der Waals surface area contributed by atoms with E-state index in [0.29, 0.717) is 0 Å². The van der Waals surface area contributed by atoms with Gasteiger partial charge in [-0.25, -0.2) is 9.97 Å². The molecule has 0 fully saturated rings. The number of anilines is 3. The van der Waals surface area contributed by atoms with Crippen LogP contribution in [0.25, 0.3) is 0 Å². The Hall–Kier alpha value is -2.30. The van der Waals surface area contributed by atoms with Crippen LogP contribution in [-0.2, 0) is 0 Å². The quantitative estimate of drug-likeness (QED) is 0.802. The van der Waals surface area contributed by atoms with Crippen LogP contribution in [0.3, 0.4) is 0 Å². The van der Waals surface area contributed by atoms with Gasteiger partial charge in [-0.1, -0.05) is 19.9 Å². The summed E-state index contributed by atoms with van der Waals surface area (Å²) >= 11 is 0. The van der Waals surface area contributed by atoms with Crippen molar-refractivity contribution in [2.24, 2.45) is 0 Å². The summed E-state index contributed by atoms with van der Waals surface area (Å²) in [5, 5.41) is 3.30. The van der Waals surface area contributed by atoms with Gasteiger partial charge >= 0.3 is 0 Å². The van der Waals surface area contributed by atoms with Crippen molar-refractivity contribution in [2.75, 3.05) is 30.4 Å². The summed E-state index contributed by atoms with van der Waals surface area (Å²) in [4.78, 5) is 11.0. The van der Waals surface area contributed by atoms with Gasteiger partial charge in [0.05, 0.1) is 7.11 Å². The van der Waals surface area contributed by atoms with Gasteiger partial charge in [-0.2, -0.15) is 0 Å². The molecule has 2 aromatic rings. The molecule has 118 valence electrons. The van der Waals surface area contributed by atoms with Crippen LogP contribution in [-0.4, -0.2) is 30.2 Å². The van der Waals surface area contributed by atoms with Gasteiger partial charge in [0.25, 0.3) is 0 Å². The fourth-order valence-electron chi connectivity index (χ4n) is 2.32. The average Bonchev–Trinajstić information content (AvgIpc) is 2.55. The molecule has 0 unspecified atom stereocenters. The molecule has 1 aromatic carbocycles. The number of nitrogens with one attached hydrogen (secondary N) is 1. The number of rotatable bonds is 8. The highest BCUT2D eigenvalue weighted by atomic mass is 16.5. The fourth-order valence-corrected chi connectivity index (χ4v) is 2.32. The zero-order chi connectivity index (χ0) is 15.8. The van der Waals surface area contributed by atoms with Gasteiger partial charge in [0.2, 0.25) is 0 Å². The lowest BCUT2D eigenvalue weighted by Gasteiger charge is -2.22. The van der Waals surface area contributed by atoms with Gasteiger partial charge in [-0.15, -0.1) is 0 Å². The summed E-state index contributed by atoms with van der Waals surface area (Å²) in [6, 6.07) is 9.78. The Balaban J connectivity index is 2.16. The van der Waals surface area contributed by atoms with Gasteiger partial charge in [0.1, 0.15) is 23.7 Å². The number of methoxy groups -OCH3 is 1. The van der Waals surface area contributed by atoms with E-state index in [4.69, 9.17) is 4.74 Å². The molecule has 0 aliphatic carbocycles. The predicted octanol–water partition coefficient (Wildman–Crippen LogP) is 3.86. The smallest absolute Gasteiger partial charge is 0.135 e. The summed E-state index contributed by atoms with van der Waals surface area (Å²) in [6.07, 6.45) is 3.81. The summed E-state index contributed by atoms with van der Waals surface area (Å²) in [7, 11) is 1.66. The van der Waals surface area contributed by atoms with Crippen LogP contribution in [0.5, 0.6) is 5.75 Å². The number of hydrogen-bond acceptors (Lipinski definition) is 5. The topological polar surface area (TPSA) is 50.3 Å². The van der Waals surface area contributed by atoms with Crippen LogP contribution in [0.2, 0.25) is 0 Å². The zero-order valence-corrected chi connectivity index (χ0v) is 13.5. The summed E-state index contributed by atoms with van der Waals surface area (Å²) in [5.41, 5.74) is 0.946. The van der Waals surface area contributed by atoms with Crippen molar-refractivity contribution < 1.29 is 4.74 Å². The van der Waals surface area contributed by atoms with Crippen LogP contribution >= 0.6 is 0 Å². The molecule has 0 saturated heterocycles. The van der Waals surface area contributed by atoms with Gasteiger partial charge in [0.15, 0.2) is 0 Å². The van der Waals surface area contributed by atoms with E-state index in [2.05, 4.69) is 34.0 Å². The van der Waals surface area contributed by atoms with Gasteiger partial charge in [-0.05, 0) is 25.0 Å². The molecule has 0 aliphatic rings. The van der Waals surface area contributed by atoms with Crippen molar-refractivity contribution in [1.82, 2.24) is 9.97 Å². The van der Waals surface area contributed by atoms with Crippen LogP contribution in [0.15, 0.2) is 36.7 Å². The second-order valence-corrected chi connectivity index (χ2v) is 5.11. The first kappa shape index (κ1) is 16.1. The van der Waals surface area contributed by atoms with E-state index in [0.717, 1.165) is 49.0 Å². The molecule has 2 rings (SSSR count). The van der Waals surface area contributed by atoms with E-state index in [1.807, 2.05) is 30.3 Å². The molecule has 1 aromatic heterocycles. The van der Waals surface area contributed by atoms with Crippen molar-refractivity contribution in [3.05, 3.63) is 36.7 Å². The Labute approximate surface area is 132 Å². The fraction of sp³-hybridized carbons (Fsp3) is 0.412. The largest absolute Gasteiger partial charge is 0.497 e. The highest BCUT2D eigenvalue weighted by Crippen LogP contribution is 2.22. The normalized spacial score (nSPS) is 10.3. The molecule has 1 heterocycles. The van der Waals surface area contributed by atoms with E-state index in [-0.39, 0.29) is 0 Å². The molecule has 22 heavy (non-hydrogen) atoms. The minimum atomic E-state index is 0.787. The second-order valence-electron chi connectivity index (χ2n) is 5.11. The highest BCUT2D eigenvalue weighted by Gasteiger charge is 2.07. The molecule has 5 heteroatoms. The lowest BCUT2D eigenvalue weighted by atomic mass is 10.3. The summed E-state index contributed by atoms with van der Waals surface area (Å²) in [6.45, 7) is 6.37. The van der Waals surface area contributed by atoms with Crippen molar-refractivity contribution in [1.29, 1.82) is 0 Å². The Bertz CT molecular complexity index is 582. The maximum atomic E-state index is 5.24. The van der Waals surface area contributed by atoms with E-state index >= 15 is 0 Å². The van der Waals surface area contributed by atoms with Crippen molar-refractivity contribution >= 4 is 17.3 Å². The summed E-state index contributed by atoms with van der Waals surface area (Å²) < 4.78 is 5.24. The zero-order valence-electron chi connectivity index (χ0n) is 13.5. The van der Waals surface area contributed by atoms with Crippen molar-refractivity contribution in [2.45, 2.75) is 26.7 Å². The molecule has 0 aliphatic heterocycles. The monoisotopic (exact) mass is 300 g/mol. The minimum absolute atomic E-state index is 0.787. The Morgan fingerprint density at radius 3 is 2.55 bits per heavy atom. The first-order valence-electron chi connectivity index (χ1n) is 7.74. The number of ether oxygens (including phenoxy) is 1. The second kappa shape index (κ2) is 8.22. The molecule has 0 amide bonds. The predicted molar refractivity (Wildman–Crippen MR) is 91.1 cm³/mol. The van der Waals surface area contributed by atoms with Gasteiger partial charge in [0, 0.05) is 30.9 Å². The van der Waals surface area contributed by atoms with E-state index in [1.54, 1.807) is 13.4 Å². The van der Waals surface area contributed by atoms with Crippen LogP contribution in [0, 0.1) is 0 Å². The lowest BCUT2D eigenvalue weighted by Crippen LogP contribution is -2.25. The van der Waals surface area contributed by atoms with E-state index in [1.165, 1.54) is 0 Å². The number of hydrogen-bond donors (Lipinski definition) is 1. The van der Waals surface area contributed by atoms with E-state index in [9.17, 15) is 0 Å². The Kier molecular flexibility index (Phi) is 6.01. The van der Waals surface area contributed by atoms with Gasteiger partial charge in [-0.3, -0.25) is 0 Å². The third-order valence-electron chi connectivity index (χ3n) is 3.31. The van der Waals surface area contributed by atoms with E-state index < -0.39 is 0 Å². The van der Waals surface area contributed by atoms with Crippen molar-refractivity contribution in [3.63, 3.8) is 0 Å². The Morgan fingerprint density at radius 2 is 1.86 bits per heavy atom. The number of benzene rings is 1. The molecule has 0 radical (unpaired) electrons. The lowest BCUT2D eigenvalue weighted by molar-refractivity contribution is 0.415. The molecule has 1 N–H and O–H groups in total. The third-order valence-corrected chi connectivity index (χ3v) is 3.31. The van der Waals surface area contributed by atoms with Gasteiger partial charge < -0.3 is 15.0 Å². The molecule has 5 nitrogen and oxygen atoms in total. The maximum Gasteiger partial charge on any atom is 0.135 e. The highest BCUT2D eigenvalue weighted by molar-refractivity contribution is 5.60. The molecular formula is C17H24N4O. The molecule has 0 saturated carbocycles. The van der Waals surface area contributed by atoms with Crippen LogP contribution < -0.4 is 15.0 Å². The van der Waals surface area contributed by atoms with Crippen LogP contribution in [0.1, 0.15) is 26.7 Å². The number of nitrogens with zero attached hydrogens (tertiary/aromatic N) is 3. The third kappa shape index (κ3) is 4.35. The molecule has 0 spiro atoms. The standard InChI is InChI=1S/C17H24N4O/c1-4-9-21(10-5-2)17-12-16(18-13-19-17)20-14-7-6-8-15(11-14)22-3/h6-8,11-13H,4-5,9-10H2,1-3H3,(H,18,19,20). The average molecular weight is 300 g/mol. The molecular weight excluding hydrogens is 276 g/mol. The SMILES string of the molecule is CCCN(CCC)c1cc(Nc2cccc(OC)c2)ncn1. The Morgan fingerprint density at radius 1 is 1.09 bits per heavy atom. The van der Waals surface area contributed by atoms with Crippen molar-refractivity contribution in [3.8, 4) is 5.75 Å². The summed E-state index contributed by atoms with van der Waals surface area (Å²) in [5.74, 6) is 2.57. The minimum Gasteiger partial charge on any atom is -0.497 e. The van der Waals surface area contributed by atoms with Crippen LogP contribution in [0.4, 0.5) is 17.3 Å². The maximum absolute atomic E-state index is 5.24. The molecule has 0 bridgehead atoms. The first-order chi connectivity index (χ1) is 10.8. The number of aromatic nitrogens is 2. The molecule has 0 atom stereocenters.